The molecule has 2 aromatic rings. The van der Waals surface area contributed by atoms with Crippen LogP contribution < -0.4 is 14.9 Å². The molecule has 22 heavy (non-hydrogen) atoms. The van der Waals surface area contributed by atoms with Crippen molar-refractivity contribution < 1.29 is 23.0 Å². The van der Waals surface area contributed by atoms with E-state index in [0.29, 0.717) is 0 Å². The molecule has 1 heterocycles. The van der Waals surface area contributed by atoms with Crippen molar-refractivity contribution >= 4 is 16.9 Å². The Hall–Kier alpha value is -2.44. The minimum Gasteiger partial charge on any atom is -0.491 e. The van der Waals surface area contributed by atoms with Crippen molar-refractivity contribution in [3.8, 4) is 11.5 Å². The van der Waals surface area contributed by atoms with E-state index >= 15 is 0 Å². The lowest BCUT2D eigenvalue weighted by molar-refractivity contribution is -0.131. The van der Waals surface area contributed by atoms with Gasteiger partial charge in [0.25, 0.3) is 0 Å². The summed E-state index contributed by atoms with van der Waals surface area (Å²) in [6.07, 6.45) is 3.02. The molecule has 0 N–H and O–H groups in total. The van der Waals surface area contributed by atoms with Crippen LogP contribution in [0, 0.1) is 11.6 Å². The molecule has 0 unspecified atom stereocenters. The van der Waals surface area contributed by atoms with E-state index in [2.05, 4.69) is 0 Å². The standard InChI is InChI=1S/C15H13F2NO4/c1-7(19)22-11-6-18(8-3-4-8)13-9(14(11)20)5-10(16)12(17)15(13)21-2/h5-6,8H,3-4H2,1-2H3. The van der Waals surface area contributed by atoms with E-state index in [1.165, 1.54) is 13.3 Å². The molecule has 0 radical (unpaired) electrons. The van der Waals surface area contributed by atoms with Crippen molar-refractivity contribution in [2.75, 3.05) is 7.11 Å². The van der Waals surface area contributed by atoms with Crippen LogP contribution in [0.1, 0.15) is 25.8 Å². The number of carbonyl (C=O) groups excluding carboxylic acids is 1. The van der Waals surface area contributed by atoms with Gasteiger partial charge in [0, 0.05) is 13.0 Å². The normalized spacial score (nSPS) is 14.2. The van der Waals surface area contributed by atoms with Crippen LogP contribution >= 0.6 is 0 Å². The van der Waals surface area contributed by atoms with Crippen molar-refractivity contribution in [2.45, 2.75) is 25.8 Å². The second-order valence-corrected chi connectivity index (χ2v) is 5.16. The maximum atomic E-state index is 13.9. The summed E-state index contributed by atoms with van der Waals surface area (Å²) < 4.78 is 39.1. The van der Waals surface area contributed by atoms with Gasteiger partial charge in [-0.1, -0.05) is 0 Å². The van der Waals surface area contributed by atoms with E-state index in [0.717, 1.165) is 25.8 Å². The van der Waals surface area contributed by atoms with E-state index in [1.807, 2.05) is 0 Å². The van der Waals surface area contributed by atoms with Gasteiger partial charge in [0.1, 0.15) is 0 Å². The number of pyridine rings is 1. The molecule has 5 nitrogen and oxygen atoms in total. The quantitative estimate of drug-likeness (QED) is 0.818. The fourth-order valence-corrected chi connectivity index (χ4v) is 2.46. The fraction of sp³-hybridized carbons (Fsp3) is 0.333. The van der Waals surface area contributed by atoms with Gasteiger partial charge in [0.05, 0.1) is 24.2 Å². The van der Waals surface area contributed by atoms with Gasteiger partial charge in [-0.3, -0.25) is 9.59 Å². The number of rotatable bonds is 3. The Morgan fingerprint density at radius 1 is 1.36 bits per heavy atom. The van der Waals surface area contributed by atoms with Crippen LogP contribution in [0.3, 0.4) is 0 Å². The van der Waals surface area contributed by atoms with Gasteiger partial charge >= 0.3 is 5.97 Å². The number of aromatic nitrogens is 1. The number of hydrogen-bond acceptors (Lipinski definition) is 4. The minimum absolute atomic E-state index is 0.0381. The Labute approximate surface area is 124 Å². The Bertz CT molecular complexity index is 840. The zero-order valence-corrected chi connectivity index (χ0v) is 12.0. The van der Waals surface area contributed by atoms with Gasteiger partial charge in [-0.25, -0.2) is 4.39 Å². The summed E-state index contributed by atoms with van der Waals surface area (Å²) in [7, 11) is 1.21. The van der Waals surface area contributed by atoms with Gasteiger partial charge in [-0.2, -0.15) is 4.39 Å². The van der Waals surface area contributed by atoms with E-state index < -0.39 is 23.0 Å². The fourth-order valence-electron chi connectivity index (χ4n) is 2.46. The van der Waals surface area contributed by atoms with Crippen LogP contribution in [0.5, 0.6) is 11.5 Å². The summed E-state index contributed by atoms with van der Waals surface area (Å²) in [4.78, 5) is 23.5. The summed E-state index contributed by atoms with van der Waals surface area (Å²) in [6.45, 7) is 1.16. The molecular formula is C15H13F2NO4. The lowest BCUT2D eigenvalue weighted by Gasteiger charge is -2.15. The van der Waals surface area contributed by atoms with Crippen LogP contribution in [-0.4, -0.2) is 17.6 Å². The molecule has 1 aliphatic rings. The molecule has 0 saturated heterocycles. The first kappa shape index (κ1) is 14.5. The summed E-state index contributed by atoms with van der Waals surface area (Å²) >= 11 is 0. The first-order valence-electron chi connectivity index (χ1n) is 6.73. The van der Waals surface area contributed by atoms with Crippen molar-refractivity contribution in [1.82, 2.24) is 4.57 Å². The Kier molecular flexibility index (Phi) is 3.35. The predicted octanol–water partition coefficient (Wildman–Crippen LogP) is 2.55. The molecule has 1 saturated carbocycles. The van der Waals surface area contributed by atoms with E-state index in [4.69, 9.17) is 9.47 Å². The monoisotopic (exact) mass is 309 g/mol. The molecule has 7 heteroatoms. The number of benzene rings is 1. The molecule has 1 aromatic carbocycles. The number of fused-ring (bicyclic) bond motifs is 1. The molecule has 116 valence electrons. The largest absolute Gasteiger partial charge is 0.491 e. The second-order valence-electron chi connectivity index (χ2n) is 5.16. The highest BCUT2D eigenvalue weighted by atomic mass is 19.2. The summed E-state index contributed by atoms with van der Waals surface area (Å²) in [5.74, 6) is -3.53. The number of esters is 1. The van der Waals surface area contributed by atoms with Crippen molar-refractivity contribution in [2.24, 2.45) is 0 Å². The molecule has 1 aliphatic carbocycles. The highest BCUT2D eigenvalue weighted by Crippen LogP contribution is 2.41. The summed E-state index contributed by atoms with van der Waals surface area (Å²) in [5.41, 5.74) is -0.510. The third-order valence-corrected chi connectivity index (χ3v) is 3.53. The van der Waals surface area contributed by atoms with E-state index in [-0.39, 0.29) is 28.4 Å². The average Bonchev–Trinajstić information content (AvgIpc) is 3.28. The summed E-state index contributed by atoms with van der Waals surface area (Å²) in [5, 5.41) is -0.0820. The zero-order valence-electron chi connectivity index (χ0n) is 12.0. The summed E-state index contributed by atoms with van der Waals surface area (Å²) in [6, 6.07) is 0.845. The van der Waals surface area contributed by atoms with Gasteiger partial charge in [0.2, 0.25) is 11.2 Å². The smallest absolute Gasteiger partial charge is 0.308 e. The maximum absolute atomic E-state index is 13.9. The van der Waals surface area contributed by atoms with Crippen molar-refractivity contribution in [1.29, 1.82) is 0 Å². The lowest BCUT2D eigenvalue weighted by atomic mass is 10.1. The third-order valence-electron chi connectivity index (χ3n) is 3.53. The molecule has 0 bridgehead atoms. The first-order chi connectivity index (χ1) is 10.4. The second kappa shape index (κ2) is 5.08. The van der Waals surface area contributed by atoms with Crippen molar-refractivity contribution in [3.63, 3.8) is 0 Å². The van der Waals surface area contributed by atoms with Crippen LogP contribution in [0.2, 0.25) is 0 Å². The Morgan fingerprint density at radius 2 is 2.05 bits per heavy atom. The zero-order chi connectivity index (χ0) is 16.0. The Morgan fingerprint density at radius 3 is 2.59 bits per heavy atom. The van der Waals surface area contributed by atoms with Gasteiger partial charge in [0.15, 0.2) is 17.3 Å². The number of halogens is 2. The number of hydrogen-bond donors (Lipinski definition) is 0. The number of ether oxygens (including phenoxy) is 2. The molecule has 0 spiro atoms. The number of carbonyl (C=O) groups is 1. The van der Waals surface area contributed by atoms with Crippen LogP contribution in [0.25, 0.3) is 10.9 Å². The third kappa shape index (κ3) is 2.22. The molecule has 0 atom stereocenters. The predicted molar refractivity (Wildman–Crippen MR) is 74.3 cm³/mol. The highest BCUT2D eigenvalue weighted by Gasteiger charge is 2.29. The van der Waals surface area contributed by atoms with E-state index in [1.54, 1.807) is 4.57 Å². The highest BCUT2D eigenvalue weighted by molar-refractivity contribution is 5.87. The van der Waals surface area contributed by atoms with Crippen LogP contribution in [-0.2, 0) is 4.79 Å². The van der Waals surface area contributed by atoms with Crippen LogP contribution in [0.4, 0.5) is 8.78 Å². The molecular weight excluding hydrogens is 296 g/mol. The number of nitrogens with zero attached hydrogens (tertiary/aromatic N) is 1. The first-order valence-corrected chi connectivity index (χ1v) is 6.73. The SMILES string of the molecule is COc1c(F)c(F)cc2c(=O)c(OC(C)=O)cn(C3CC3)c12. The molecule has 1 fully saturated rings. The lowest BCUT2D eigenvalue weighted by Crippen LogP contribution is -2.17. The topological polar surface area (TPSA) is 57.5 Å². The van der Waals surface area contributed by atoms with Gasteiger partial charge in [-0.15, -0.1) is 0 Å². The average molecular weight is 309 g/mol. The van der Waals surface area contributed by atoms with Gasteiger partial charge in [-0.05, 0) is 18.9 Å². The van der Waals surface area contributed by atoms with Crippen LogP contribution in [0.15, 0.2) is 17.1 Å². The number of methoxy groups -OCH3 is 1. The maximum Gasteiger partial charge on any atom is 0.308 e. The molecule has 0 amide bonds. The minimum atomic E-state index is -1.19. The molecule has 0 aliphatic heterocycles. The van der Waals surface area contributed by atoms with Gasteiger partial charge < -0.3 is 14.0 Å². The molecule has 3 rings (SSSR count). The van der Waals surface area contributed by atoms with Crippen molar-refractivity contribution in [3.05, 3.63) is 34.1 Å². The Balaban J connectivity index is 2.42. The van der Waals surface area contributed by atoms with E-state index in [9.17, 15) is 18.4 Å². The molecule has 1 aromatic heterocycles.